The summed E-state index contributed by atoms with van der Waals surface area (Å²) >= 11 is 12.6. The highest BCUT2D eigenvalue weighted by Crippen LogP contribution is 2.49. The van der Waals surface area contributed by atoms with E-state index in [0.29, 0.717) is 11.5 Å². The average Bonchev–Trinajstić information content (AvgIpc) is 1.75. The molecule has 7 heterocycles. The minimum Gasteiger partial charge on any atom is -0.505 e. The van der Waals surface area contributed by atoms with Gasteiger partial charge < -0.3 is 33.4 Å². The Morgan fingerprint density at radius 2 is 0.802 bits per heavy atom. The van der Waals surface area contributed by atoms with Gasteiger partial charge in [-0.15, -0.1) is 23.5 Å². The van der Waals surface area contributed by atoms with Crippen molar-refractivity contribution in [1.29, 1.82) is 0 Å². The fourth-order valence-corrected chi connectivity index (χ4v) is 19.0. The number of nitrogens with zero attached hydrogens (tertiary/aromatic N) is 3. The minimum atomic E-state index is -0.232. The summed E-state index contributed by atoms with van der Waals surface area (Å²) in [6.07, 6.45) is 5.04. The van der Waals surface area contributed by atoms with Gasteiger partial charge in [-0.05, 0) is 180 Å². The number of phenolic OH excluding ortho intramolecular Hbond substituents is 2. The molecule has 0 bridgehead atoms. The number of halogens is 1. The molecule has 0 aliphatic carbocycles. The van der Waals surface area contributed by atoms with Crippen LogP contribution in [0.4, 0.5) is 0 Å². The van der Waals surface area contributed by atoms with Crippen LogP contribution in [0.25, 0.3) is 116 Å². The highest BCUT2D eigenvalue weighted by atomic mass is 79.9. The monoisotopic (exact) mass is 1350 g/mol. The molecule has 9 aromatic carbocycles. The average molecular weight is 1350 g/mol. The van der Waals surface area contributed by atoms with Crippen molar-refractivity contribution >= 4 is 139 Å². The molecule has 452 valence electrons. The number of rotatable bonds is 15. The number of unbranched alkanes of at least 4 members (excludes halogenated alkanes) is 1. The molecule has 15 aromatic rings. The van der Waals surface area contributed by atoms with E-state index in [1.807, 2.05) is 23.5 Å². The van der Waals surface area contributed by atoms with Crippen molar-refractivity contribution in [2.24, 2.45) is 0 Å². The van der Waals surface area contributed by atoms with E-state index in [-0.39, 0.29) is 6.29 Å². The van der Waals surface area contributed by atoms with E-state index in [4.69, 9.17) is 9.47 Å². The Balaban J connectivity index is 0.000000176. The van der Waals surface area contributed by atoms with Crippen LogP contribution in [0.15, 0.2) is 229 Å². The molecular formula is C78H64BrN3O4S5. The lowest BCUT2D eigenvalue weighted by atomic mass is 10.0. The van der Waals surface area contributed by atoms with Crippen LogP contribution in [0.3, 0.4) is 0 Å². The van der Waals surface area contributed by atoms with Gasteiger partial charge in [-0.3, -0.25) is 0 Å². The number of thiophene rings is 3. The van der Waals surface area contributed by atoms with Crippen molar-refractivity contribution in [3.8, 4) is 67.7 Å². The standard InChI is InChI=1S/C50H40N2O2S4.C28H24BrNO2S/c1-31-23-37(49(53)45(25-31)51-41-17-7-3-13-33(41)34-14-4-8-18-42(34)51)39-27-55-29-47(39)57-21-11-12-22-58-48-30-56-28-40(48)38-24-32(2)26-46(50(38)54)52-43-19-9-5-15-35(43)36-16-6-10-20-44(36)52;1-18-14-21(22-16-33-17-23(22)29)28(32-27-12-6-7-13-31-27)26(15-18)30-24-10-4-2-8-19(24)20-9-3-5-11-25(20)30/h3-10,13-20,23-30,53-54H,11-12,21-22H2,1-2H3;2-5,8-11,14-17,27H,6-7,12-13H2,1H3. The number of hydrogen-bond acceptors (Lipinski definition) is 9. The molecule has 7 nitrogen and oxygen atoms in total. The lowest BCUT2D eigenvalue weighted by molar-refractivity contribution is -0.105. The lowest BCUT2D eigenvalue weighted by Gasteiger charge is -2.27. The molecule has 16 rings (SSSR count). The Morgan fingerprint density at radius 3 is 1.19 bits per heavy atom. The molecule has 2 N–H and O–H groups in total. The molecule has 91 heavy (non-hydrogen) atoms. The van der Waals surface area contributed by atoms with Crippen molar-refractivity contribution in [1.82, 2.24) is 13.7 Å². The quantitative estimate of drug-likeness (QED) is 0.0787. The highest BCUT2D eigenvalue weighted by molar-refractivity contribution is 9.10. The van der Waals surface area contributed by atoms with E-state index in [9.17, 15) is 10.2 Å². The first kappa shape index (κ1) is 59.3. The largest absolute Gasteiger partial charge is 0.505 e. The van der Waals surface area contributed by atoms with Gasteiger partial charge in [-0.1, -0.05) is 109 Å². The van der Waals surface area contributed by atoms with Crippen LogP contribution < -0.4 is 4.74 Å². The molecule has 1 atom stereocenters. The summed E-state index contributed by atoms with van der Waals surface area (Å²) < 4.78 is 20.6. The predicted molar refractivity (Wildman–Crippen MR) is 392 cm³/mol. The maximum atomic E-state index is 12.0. The maximum Gasteiger partial charge on any atom is 0.199 e. The molecular weight excluding hydrogens is 1280 g/mol. The Hall–Kier alpha value is -7.98. The summed E-state index contributed by atoms with van der Waals surface area (Å²) in [5.74, 6) is 3.48. The second kappa shape index (κ2) is 25.6. The number of aromatic hydroxyl groups is 2. The summed E-state index contributed by atoms with van der Waals surface area (Å²) in [4.78, 5) is 2.42. The number of hydrogen-bond donors (Lipinski definition) is 2. The molecule has 1 saturated heterocycles. The number of thioether (sulfide) groups is 2. The number of benzene rings is 9. The Bertz CT molecular complexity index is 4840. The van der Waals surface area contributed by atoms with E-state index >= 15 is 0 Å². The summed E-state index contributed by atoms with van der Waals surface area (Å²) in [7, 11) is 0. The fraction of sp³-hybridized carbons (Fsp3) is 0.154. The van der Waals surface area contributed by atoms with Gasteiger partial charge in [-0.25, -0.2) is 0 Å². The highest BCUT2D eigenvalue weighted by Gasteiger charge is 2.27. The predicted octanol–water partition coefficient (Wildman–Crippen LogP) is 23.5. The van der Waals surface area contributed by atoms with E-state index < -0.39 is 0 Å². The SMILES string of the molecule is Cc1cc(-c2cscc2Br)c(OC2CCCCO2)c(-n2c3ccccc3c3ccccc32)c1.Cc1cc(-c2cscc2SCCCCSc2cscc2-c2cc(C)cc(-n3c4ccccc4c4ccccc43)c2O)c(O)c(-n2c3ccccc3c3ccccc32)c1. The minimum absolute atomic E-state index is 0.232. The van der Waals surface area contributed by atoms with E-state index in [1.54, 1.807) is 34.0 Å². The first-order valence-electron chi connectivity index (χ1n) is 30.8. The smallest absolute Gasteiger partial charge is 0.199 e. The van der Waals surface area contributed by atoms with Gasteiger partial charge >= 0.3 is 0 Å². The zero-order valence-corrected chi connectivity index (χ0v) is 56.2. The van der Waals surface area contributed by atoms with Crippen molar-refractivity contribution < 1.29 is 19.7 Å². The maximum absolute atomic E-state index is 12.0. The van der Waals surface area contributed by atoms with Crippen LogP contribution in [0, 0.1) is 20.8 Å². The van der Waals surface area contributed by atoms with Crippen molar-refractivity contribution in [3.05, 3.63) is 235 Å². The van der Waals surface area contributed by atoms with Crippen molar-refractivity contribution in [3.63, 3.8) is 0 Å². The van der Waals surface area contributed by atoms with Gasteiger partial charge in [0.2, 0.25) is 0 Å². The molecule has 13 heteroatoms. The number of ether oxygens (including phenoxy) is 2. The molecule has 0 saturated carbocycles. The third kappa shape index (κ3) is 11.2. The molecule has 0 radical (unpaired) electrons. The number of phenols is 2. The molecule has 6 aromatic heterocycles. The third-order valence-electron chi connectivity index (χ3n) is 17.3. The second-order valence-electron chi connectivity index (χ2n) is 23.4. The topological polar surface area (TPSA) is 73.7 Å². The first-order chi connectivity index (χ1) is 44.7. The zero-order valence-electron chi connectivity index (χ0n) is 50.5. The number of aryl methyl sites for hydroxylation is 3. The van der Waals surface area contributed by atoms with Crippen LogP contribution in [-0.2, 0) is 4.74 Å². The summed E-state index contributed by atoms with van der Waals surface area (Å²) in [6.45, 7) is 7.13. The van der Waals surface area contributed by atoms with Gasteiger partial charge in [0.1, 0.15) is 11.5 Å². The fourth-order valence-electron chi connectivity index (χ4n) is 13.2. The van der Waals surface area contributed by atoms with Gasteiger partial charge in [0, 0.05) is 103 Å². The molecule has 0 amide bonds. The number of aromatic nitrogens is 3. The third-order valence-corrected chi connectivity index (χ3v) is 23.1. The van der Waals surface area contributed by atoms with Crippen LogP contribution in [0.2, 0.25) is 0 Å². The van der Waals surface area contributed by atoms with Gasteiger partial charge in [0.15, 0.2) is 12.0 Å². The van der Waals surface area contributed by atoms with Crippen molar-refractivity contribution in [2.45, 2.75) is 69.0 Å². The molecule has 1 unspecified atom stereocenters. The van der Waals surface area contributed by atoms with Gasteiger partial charge in [0.05, 0.1) is 56.8 Å². The lowest BCUT2D eigenvalue weighted by Crippen LogP contribution is -2.25. The van der Waals surface area contributed by atoms with Gasteiger partial charge in [-0.2, -0.15) is 34.0 Å². The Morgan fingerprint density at radius 1 is 0.440 bits per heavy atom. The van der Waals surface area contributed by atoms with Crippen LogP contribution >= 0.6 is 73.5 Å². The molecule has 1 aliphatic rings. The molecule has 1 aliphatic heterocycles. The number of para-hydroxylation sites is 6. The molecule has 0 spiro atoms. The van der Waals surface area contributed by atoms with E-state index in [1.165, 1.54) is 58.7 Å². The van der Waals surface area contributed by atoms with Crippen molar-refractivity contribution in [2.75, 3.05) is 18.1 Å². The summed E-state index contributed by atoms with van der Waals surface area (Å²) in [5.41, 5.74) is 18.9. The zero-order chi connectivity index (χ0) is 61.7. The number of fused-ring (bicyclic) bond motifs is 9. The summed E-state index contributed by atoms with van der Waals surface area (Å²) in [6, 6.07) is 63.8. The van der Waals surface area contributed by atoms with Crippen LogP contribution in [0.5, 0.6) is 17.2 Å². The van der Waals surface area contributed by atoms with Crippen LogP contribution in [-0.4, -0.2) is 48.3 Å². The molecule has 1 fully saturated rings. The summed E-state index contributed by atoms with van der Waals surface area (Å²) in [5, 5.41) is 44.2. The van der Waals surface area contributed by atoms with Crippen LogP contribution in [0.1, 0.15) is 48.8 Å². The second-order valence-corrected chi connectivity index (χ2v) is 28.7. The first-order valence-corrected chi connectivity index (χ1v) is 36.4. The normalized spacial score (nSPS) is 13.5. The Labute approximate surface area is 557 Å². The van der Waals surface area contributed by atoms with E-state index in [2.05, 4.69) is 265 Å². The Kier molecular flexibility index (Phi) is 16.7. The van der Waals surface area contributed by atoms with Gasteiger partial charge in [0.25, 0.3) is 0 Å². The van der Waals surface area contributed by atoms with E-state index in [0.717, 1.165) is 144 Å².